The third-order valence-electron chi connectivity index (χ3n) is 3.28. The van der Waals surface area contributed by atoms with Gasteiger partial charge in [-0.2, -0.15) is 0 Å². The minimum atomic E-state index is 0. The Morgan fingerprint density at radius 3 is 2.65 bits per heavy atom. The zero-order valence-corrected chi connectivity index (χ0v) is 11.7. The van der Waals surface area contributed by atoms with Crippen molar-refractivity contribution in [3.63, 3.8) is 0 Å². The Bertz CT molecular complexity index is 209. The van der Waals surface area contributed by atoms with Gasteiger partial charge >= 0.3 is 0 Å². The first-order chi connectivity index (χ1) is 7.74. The summed E-state index contributed by atoms with van der Waals surface area (Å²) in [6.07, 6.45) is 4.16. The van der Waals surface area contributed by atoms with E-state index in [-0.39, 0.29) is 18.3 Å². The first-order valence-corrected chi connectivity index (χ1v) is 6.17. The average Bonchev–Trinajstić information content (AvgIpc) is 2.34. The number of carbonyl (C=O) groups excluding carboxylic acids is 1. The lowest BCUT2D eigenvalue weighted by Gasteiger charge is -2.23. The number of nitrogens with one attached hydrogen (secondary N) is 1. The van der Waals surface area contributed by atoms with Gasteiger partial charge in [0.15, 0.2) is 0 Å². The summed E-state index contributed by atoms with van der Waals surface area (Å²) in [5, 5.41) is 3.34. The number of rotatable bonds is 6. The molecule has 0 radical (unpaired) electrons. The minimum absolute atomic E-state index is 0. The van der Waals surface area contributed by atoms with E-state index < -0.39 is 0 Å². The van der Waals surface area contributed by atoms with Crippen molar-refractivity contribution in [1.82, 2.24) is 10.2 Å². The fourth-order valence-corrected chi connectivity index (χ4v) is 2.04. The lowest BCUT2D eigenvalue weighted by atomic mass is 9.93. The summed E-state index contributed by atoms with van der Waals surface area (Å²) >= 11 is 0. The number of halogens is 1. The molecule has 1 aliphatic heterocycles. The van der Waals surface area contributed by atoms with Gasteiger partial charge in [0.05, 0.1) is 6.61 Å². The second kappa shape index (κ2) is 9.68. The standard InChI is InChI=1S/C12H24N2O2.ClH/c1-14(9-10-16-2)12(15)4-3-11-5-7-13-8-6-11;/h11,13H,3-10H2,1-2H3;1H. The largest absolute Gasteiger partial charge is 0.383 e. The molecule has 0 aliphatic carbocycles. The van der Waals surface area contributed by atoms with E-state index >= 15 is 0 Å². The van der Waals surface area contributed by atoms with Crippen LogP contribution in [0.3, 0.4) is 0 Å². The van der Waals surface area contributed by atoms with Crippen molar-refractivity contribution in [3.05, 3.63) is 0 Å². The molecule has 4 nitrogen and oxygen atoms in total. The molecule has 1 N–H and O–H groups in total. The highest BCUT2D eigenvalue weighted by Gasteiger charge is 2.15. The summed E-state index contributed by atoms with van der Waals surface area (Å²) < 4.78 is 4.95. The summed E-state index contributed by atoms with van der Waals surface area (Å²) in [5.41, 5.74) is 0. The van der Waals surface area contributed by atoms with Gasteiger partial charge in [-0.15, -0.1) is 12.4 Å². The Hall–Kier alpha value is -0.320. The van der Waals surface area contributed by atoms with Crippen molar-refractivity contribution >= 4 is 18.3 Å². The molecule has 1 heterocycles. The normalized spacial score (nSPS) is 16.4. The first-order valence-electron chi connectivity index (χ1n) is 6.17. The van der Waals surface area contributed by atoms with Crippen LogP contribution >= 0.6 is 12.4 Å². The van der Waals surface area contributed by atoms with Crippen LogP contribution in [0.15, 0.2) is 0 Å². The lowest BCUT2D eigenvalue weighted by molar-refractivity contribution is -0.130. The summed E-state index contributed by atoms with van der Waals surface area (Å²) in [6, 6.07) is 0. The smallest absolute Gasteiger partial charge is 0.222 e. The molecule has 102 valence electrons. The van der Waals surface area contributed by atoms with Gasteiger partial charge in [0.1, 0.15) is 0 Å². The third kappa shape index (κ3) is 6.86. The highest BCUT2D eigenvalue weighted by atomic mass is 35.5. The van der Waals surface area contributed by atoms with Gasteiger partial charge in [0, 0.05) is 27.1 Å². The van der Waals surface area contributed by atoms with Gasteiger partial charge in [-0.1, -0.05) is 0 Å². The van der Waals surface area contributed by atoms with Crippen LogP contribution in [0.5, 0.6) is 0 Å². The van der Waals surface area contributed by atoms with E-state index in [1.54, 1.807) is 12.0 Å². The van der Waals surface area contributed by atoms with Crippen LogP contribution in [0.25, 0.3) is 0 Å². The molecule has 0 bridgehead atoms. The van der Waals surface area contributed by atoms with Gasteiger partial charge in [0.2, 0.25) is 5.91 Å². The Balaban J connectivity index is 0.00000256. The lowest BCUT2D eigenvalue weighted by Crippen LogP contribution is -2.31. The van der Waals surface area contributed by atoms with E-state index in [2.05, 4.69) is 5.32 Å². The van der Waals surface area contributed by atoms with Crippen molar-refractivity contribution in [2.75, 3.05) is 40.4 Å². The summed E-state index contributed by atoms with van der Waals surface area (Å²) in [5.74, 6) is 0.983. The molecule has 1 aliphatic rings. The van der Waals surface area contributed by atoms with E-state index in [9.17, 15) is 4.79 Å². The van der Waals surface area contributed by atoms with Gasteiger partial charge in [0.25, 0.3) is 0 Å². The van der Waals surface area contributed by atoms with Crippen molar-refractivity contribution in [2.24, 2.45) is 5.92 Å². The number of nitrogens with zero attached hydrogens (tertiary/aromatic N) is 1. The topological polar surface area (TPSA) is 41.6 Å². The predicted molar refractivity (Wildman–Crippen MR) is 71.6 cm³/mol. The van der Waals surface area contributed by atoms with Crippen LogP contribution in [0.1, 0.15) is 25.7 Å². The number of methoxy groups -OCH3 is 1. The number of amides is 1. The fraction of sp³-hybridized carbons (Fsp3) is 0.917. The molecular weight excluding hydrogens is 240 g/mol. The molecule has 0 unspecified atom stereocenters. The van der Waals surface area contributed by atoms with E-state index in [0.717, 1.165) is 25.4 Å². The van der Waals surface area contributed by atoms with E-state index in [1.165, 1.54) is 12.8 Å². The molecule has 1 fully saturated rings. The van der Waals surface area contributed by atoms with Gasteiger partial charge < -0.3 is 15.0 Å². The summed E-state index contributed by atoms with van der Waals surface area (Å²) in [4.78, 5) is 13.5. The minimum Gasteiger partial charge on any atom is -0.383 e. The number of hydrogen-bond donors (Lipinski definition) is 1. The Kier molecular flexibility index (Phi) is 9.50. The zero-order valence-electron chi connectivity index (χ0n) is 10.9. The van der Waals surface area contributed by atoms with Gasteiger partial charge in [-0.25, -0.2) is 0 Å². The molecular formula is C12H25ClN2O2. The van der Waals surface area contributed by atoms with Gasteiger partial charge in [-0.3, -0.25) is 4.79 Å². The molecule has 1 rings (SSSR count). The molecule has 0 atom stereocenters. The highest BCUT2D eigenvalue weighted by molar-refractivity contribution is 5.85. The molecule has 0 aromatic heterocycles. The van der Waals surface area contributed by atoms with Crippen molar-refractivity contribution in [2.45, 2.75) is 25.7 Å². The Labute approximate surface area is 110 Å². The quantitative estimate of drug-likeness (QED) is 0.786. The first kappa shape index (κ1) is 16.7. The molecule has 1 saturated heterocycles. The average molecular weight is 265 g/mol. The van der Waals surface area contributed by atoms with Crippen molar-refractivity contribution < 1.29 is 9.53 Å². The maximum absolute atomic E-state index is 11.7. The molecule has 0 aromatic carbocycles. The number of ether oxygens (including phenoxy) is 1. The molecule has 0 saturated carbocycles. The summed E-state index contributed by atoms with van der Waals surface area (Å²) in [6.45, 7) is 3.54. The molecule has 5 heteroatoms. The van der Waals surface area contributed by atoms with Crippen LogP contribution in [-0.2, 0) is 9.53 Å². The number of hydrogen-bond acceptors (Lipinski definition) is 3. The maximum Gasteiger partial charge on any atom is 0.222 e. The molecule has 17 heavy (non-hydrogen) atoms. The van der Waals surface area contributed by atoms with Crippen LogP contribution < -0.4 is 5.32 Å². The summed E-state index contributed by atoms with van der Waals surface area (Å²) in [7, 11) is 3.51. The maximum atomic E-state index is 11.7. The number of carbonyl (C=O) groups is 1. The van der Waals surface area contributed by atoms with E-state index in [1.807, 2.05) is 7.05 Å². The molecule has 0 aromatic rings. The Morgan fingerprint density at radius 1 is 1.41 bits per heavy atom. The second-order valence-corrected chi connectivity index (χ2v) is 4.54. The van der Waals surface area contributed by atoms with E-state index in [0.29, 0.717) is 19.6 Å². The predicted octanol–water partition coefficient (Wildman–Crippen LogP) is 1.29. The van der Waals surface area contributed by atoms with Crippen LogP contribution in [0.2, 0.25) is 0 Å². The number of piperidine rings is 1. The van der Waals surface area contributed by atoms with Gasteiger partial charge in [-0.05, 0) is 38.3 Å². The van der Waals surface area contributed by atoms with Crippen molar-refractivity contribution in [1.29, 1.82) is 0 Å². The molecule has 1 amide bonds. The third-order valence-corrected chi connectivity index (χ3v) is 3.28. The van der Waals surface area contributed by atoms with Crippen LogP contribution in [-0.4, -0.2) is 51.2 Å². The highest BCUT2D eigenvalue weighted by Crippen LogP contribution is 2.17. The second-order valence-electron chi connectivity index (χ2n) is 4.54. The fourth-order valence-electron chi connectivity index (χ4n) is 2.04. The number of likely N-dealkylation sites (N-methyl/N-ethyl adjacent to an activating group) is 1. The Morgan fingerprint density at radius 2 is 2.06 bits per heavy atom. The monoisotopic (exact) mass is 264 g/mol. The zero-order chi connectivity index (χ0) is 11.8. The van der Waals surface area contributed by atoms with Crippen LogP contribution in [0.4, 0.5) is 0 Å². The molecule has 0 spiro atoms. The van der Waals surface area contributed by atoms with E-state index in [4.69, 9.17) is 4.74 Å². The SMILES string of the molecule is COCCN(C)C(=O)CCC1CCNCC1.Cl. The van der Waals surface area contributed by atoms with Crippen LogP contribution in [0, 0.1) is 5.92 Å². The van der Waals surface area contributed by atoms with Crippen molar-refractivity contribution in [3.8, 4) is 0 Å².